The van der Waals surface area contributed by atoms with Crippen LogP contribution in [0.4, 0.5) is 17.6 Å². The molecule has 1 aliphatic heterocycles. The van der Waals surface area contributed by atoms with Crippen LogP contribution < -0.4 is 11.2 Å². The molecule has 0 radical (unpaired) electrons. The predicted molar refractivity (Wildman–Crippen MR) is 112 cm³/mol. The largest absolute Gasteiger partial charge is 0.390 e. The highest BCUT2D eigenvalue weighted by atomic mass is 32.1. The molecule has 0 aromatic carbocycles. The molecular formula is C20H25F4N3O4S. The van der Waals surface area contributed by atoms with E-state index in [0.717, 1.165) is 16.1 Å². The van der Waals surface area contributed by atoms with Crippen molar-refractivity contribution in [1.82, 2.24) is 14.0 Å². The lowest BCUT2D eigenvalue weighted by Gasteiger charge is -2.35. The zero-order valence-corrected chi connectivity index (χ0v) is 18.8. The van der Waals surface area contributed by atoms with Crippen LogP contribution >= 0.6 is 11.3 Å². The molecule has 7 nitrogen and oxygen atoms in total. The van der Waals surface area contributed by atoms with E-state index < -0.39 is 48.1 Å². The van der Waals surface area contributed by atoms with Gasteiger partial charge in [0.25, 0.3) is 11.5 Å². The summed E-state index contributed by atoms with van der Waals surface area (Å²) in [5, 5.41) is 9.88. The van der Waals surface area contributed by atoms with E-state index in [0.29, 0.717) is 24.2 Å². The molecule has 1 fully saturated rings. The van der Waals surface area contributed by atoms with Gasteiger partial charge in [-0.2, -0.15) is 13.2 Å². The number of halogens is 4. The number of thiophene rings is 1. The van der Waals surface area contributed by atoms with E-state index in [4.69, 9.17) is 0 Å². The number of rotatable bonds is 5. The second-order valence-electron chi connectivity index (χ2n) is 8.28. The second kappa shape index (κ2) is 8.62. The number of aryl methyl sites for hydroxylation is 1. The molecule has 12 heteroatoms. The first-order valence-electron chi connectivity index (χ1n) is 10.3. The summed E-state index contributed by atoms with van der Waals surface area (Å²) in [6, 6.07) is 0. The highest BCUT2D eigenvalue weighted by molar-refractivity contribution is 7.20. The summed E-state index contributed by atoms with van der Waals surface area (Å²) < 4.78 is 54.9. The van der Waals surface area contributed by atoms with Crippen molar-refractivity contribution in [1.29, 1.82) is 0 Å². The SMILES string of the molecule is CCn1c(=O)c2c(C(C)F)c(C(=O)N3CCC(C)(O)CC3)sc2n(CCC(F)(F)F)c1=O. The molecule has 1 unspecified atom stereocenters. The molecule has 178 valence electrons. The third kappa shape index (κ3) is 4.61. The number of aromatic nitrogens is 2. The standard InChI is InChI=1S/C20H25F4N3O4S/c1-4-26-15(28)13-12(11(2)21)14(16(29)25-8-5-19(3,31)6-9-25)32-17(13)27(18(26)30)10-7-20(22,23)24/h11,31H,4-10H2,1-3H3. The molecule has 1 N–H and O–H groups in total. The van der Waals surface area contributed by atoms with E-state index >= 15 is 0 Å². The Bertz CT molecular complexity index is 1140. The lowest BCUT2D eigenvalue weighted by molar-refractivity contribution is -0.136. The number of hydrogen-bond donors (Lipinski definition) is 1. The first-order valence-corrected chi connectivity index (χ1v) is 11.1. The Labute approximate surface area is 184 Å². The summed E-state index contributed by atoms with van der Waals surface area (Å²) >= 11 is 0.667. The number of likely N-dealkylation sites (tertiary alicyclic amines) is 1. The van der Waals surface area contributed by atoms with Crippen molar-refractivity contribution in [3.63, 3.8) is 0 Å². The Hall–Kier alpha value is -2.21. The van der Waals surface area contributed by atoms with Crippen LogP contribution in [0.5, 0.6) is 0 Å². The van der Waals surface area contributed by atoms with Gasteiger partial charge in [-0.25, -0.2) is 9.18 Å². The number of carbonyl (C=O) groups is 1. The lowest BCUT2D eigenvalue weighted by atomic mass is 9.93. The van der Waals surface area contributed by atoms with E-state index in [1.54, 1.807) is 6.92 Å². The average Bonchev–Trinajstić information content (AvgIpc) is 3.08. The highest BCUT2D eigenvalue weighted by Gasteiger charge is 2.35. The van der Waals surface area contributed by atoms with Gasteiger partial charge in [-0.05, 0) is 33.6 Å². The number of hydrogen-bond acceptors (Lipinski definition) is 5. The molecule has 1 aliphatic rings. The van der Waals surface area contributed by atoms with Gasteiger partial charge in [0.1, 0.15) is 15.9 Å². The van der Waals surface area contributed by atoms with Crippen molar-refractivity contribution in [3.05, 3.63) is 31.3 Å². The molecule has 3 rings (SSSR count). The van der Waals surface area contributed by atoms with Gasteiger partial charge in [0, 0.05) is 31.7 Å². The lowest BCUT2D eigenvalue weighted by Crippen LogP contribution is -2.45. The summed E-state index contributed by atoms with van der Waals surface area (Å²) in [5.74, 6) is -0.571. The van der Waals surface area contributed by atoms with Gasteiger partial charge in [-0.3, -0.25) is 18.7 Å². The summed E-state index contributed by atoms with van der Waals surface area (Å²) in [4.78, 5) is 40.1. The molecule has 2 aromatic rings. The fourth-order valence-corrected chi connectivity index (χ4v) is 5.23. The first-order chi connectivity index (χ1) is 14.8. The van der Waals surface area contributed by atoms with Crippen LogP contribution in [-0.4, -0.2) is 49.9 Å². The minimum Gasteiger partial charge on any atom is -0.390 e. The van der Waals surface area contributed by atoms with Crippen molar-refractivity contribution in [2.45, 2.75) is 71.1 Å². The van der Waals surface area contributed by atoms with Gasteiger partial charge in [0.05, 0.1) is 17.4 Å². The van der Waals surface area contributed by atoms with E-state index in [-0.39, 0.29) is 40.3 Å². The van der Waals surface area contributed by atoms with Crippen LogP contribution in [0.15, 0.2) is 9.59 Å². The van der Waals surface area contributed by atoms with Gasteiger partial charge in [-0.15, -0.1) is 11.3 Å². The van der Waals surface area contributed by atoms with E-state index in [1.807, 2.05) is 0 Å². The summed E-state index contributed by atoms with van der Waals surface area (Å²) in [6.07, 6.45) is -7.00. The van der Waals surface area contributed by atoms with Crippen LogP contribution in [0.2, 0.25) is 0 Å². The van der Waals surface area contributed by atoms with Crippen LogP contribution in [-0.2, 0) is 13.1 Å². The van der Waals surface area contributed by atoms with E-state index in [2.05, 4.69) is 0 Å². The third-order valence-corrected chi connectivity index (χ3v) is 6.96. The molecule has 2 aromatic heterocycles. The smallest absolute Gasteiger partial charge is 0.390 e. The first kappa shape index (κ1) is 24.4. The Kier molecular flexibility index (Phi) is 6.58. The zero-order valence-electron chi connectivity index (χ0n) is 18.0. The summed E-state index contributed by atoms with van der Waals surface area (Å²) in [6.45, 7) is 3.83. The zero-order chi connectivity index (χ0) is 24.0. The Morgan fingerprint density at radius 2 is 1.81 bits per heavy atom. The van der Waals surface area contributed by atoms with Crippen molar-refractivity contribution < 1.29 is 27.5 Å². The fourth-order valence-electron chi connectivity index (χ4n) is 3.87. The molecular weight excluding hydrogens is 454 g/mol. The predicted octanol–water partition coefficient (Wildman–Crippen LogP) is 3.21. The third-order valence-electron chi connectivity index (χ3n) is 5.75. The molecule has 32 heavy (non-hydrogen) atoms. The number of fused-ring (bicyclic) bond motifs is 1. The van der Waals surface area contributed by atoms with Crippen LogP contribution in [0.25, 0.3) is 10.2 Å². The Morgan fingerprint density at radius 1 is 1.22 bits per heavy atom. The number of alkyl halides is 4. The maximum atomic E-state index is 14.7. The van der Waals surface area contributed by atoms with Gasteiger partial charge in [-0.1, -0.05) is 0 Å². The van der Waals surface area contributed by atoms with E-state index in [9.17, 15) is 37.1 Å². The van der Waals surface area contributed by atoms with Crippen LogP contribution in [0.3, 0.4) is 0 Å². The topological polar surface area (TPSA) is 84.5 Å². The molecule has 0 aliphatic carbocycles. The molecule has 0 bridgehead atoms. The molecule has 0 saturated carbocycles. The Morgan fingerprint density at radius 3 is 2.31 bits per heavy atom. The van der Waals surface area contributed by atoms with Crippen molar-refractivity contribution in [2.75, 3.05) is 13.1 Å². The molecule has 3 heterocycles. The fraction of sp³-hybridized carbons (Fsp3) is 0.650. The Balaban J connectivity index is 2.21. The number of amides is 1. The maximum Gasteiger partial charge on any atom is 0.390 e. The minimum absolute atomic E-state index is 0.109. The summed E-state index contributed by atoms with van der Waals surface area (Å²) in [7, 11) is 0. The molecule has 1 amide bonds. The van der Waals surface area contributed by atoms with Gasteiger partial charge in [0.15, 0.2) is 0 Å². The van der Waals surface area contributed by atoms with Crippen molar-refractivity contribution in [2.24, 2.45) is 0 Å². The van der Waals surface area contributed by atoms with Gasteiger partial charge >= 0.3 is 11.9 Å². The minimum atomic E-state index is -4.55. The molecule has 0 spiro atoms. The van der Waals surface area contributed by atoms with Crippen LogP contribution in [0.1, 0.15) is 61.4 Å². The van der Waals surface area contributed by atoms with Gasteiger partial charge < -0.3 is 10.0 Å². The van der Waals surface area contributed by atoms with Crippen molar-refractivity contribution in [3.8, 4) is 0 Å². The molecule has 1 saturated heterocycles. The average molecular weight is 479 g/mol. The maximum absolute atomic E-state index is 14.7. The van der Waals surface area contributed by atoms with Crippen LogP contribution in [0, 0.1) is 0 Å². The number of aliphatic hydroxyl groups is 1. The van der Waals surface area contributed by atoms with Gasteiger partial charge in [0.2, 0.25) is 0 Å². The summed E-state index contributed by atoms with van der Waals surface area (Å²) in [5.41, 5.74) is -2.89. The quantitative estimate of drug-likeness (QED) is 0.668. The van der Waals surface area contributed by atoms with Crippen molar-refractivity contribution >= 4 is 27.5 Å². The number of carbonyl (C=O) groups excluding carboxylic acids is 1. The molecule has 1 atom stereocenters. The highest BCUT2D eigenvalue weighted by Crippen LogP contribution is 2.37. The van der Waals surface area contributed by atoms with E-state index in [1.165, 1.54) is 11.8 Å². The second-order valence-corrected chi connectivity index (χ2v) is 9.28. The monoisotopic (exact) mass is 479 g/mol. The normalized spacial score (nSPS) is 17.7. The number of piperidine rings is 1. The number of nitrogens with zero attached hydrogens (tertiary/aromatic N) is 3.